The average Bonchev–Trinajstić information content (AvgIpc) is 3.67. The van der Waals surface area contributed by atoms with E-state index in [1.54, 1.807) is 0 Å². The zero-order valence-corrected chi connectivity index (χ0v) is 18.4. The van der Waals surface area contributed by atoms with Crippen molar-refractivity contribution in [3.63, 3.8) is 0 Å². The van der Waals surface area contributed by atoms with Crippen molar-refractivity contribution >= 4 is 11.9 Å². The third-order valence-corrected chi connectivity index (χ3v) is 7.05. The van der Waals surface area contributed by atoms with Gasteiger partial charge in [0.1, 0.15) is 0 Å². The fourth-order valence-electron chi connectivity index (χ4n) is 4.98. The number of guanidine groups is 1. The van der Waals surface area contributed by atoms with Crippen LogP contribution in [0.5, 0.6) is 0 Å². The molecule has 1 aliphatic heterocycles. The molecule has 0 spiro atoms. The molecule has 0 aromatic rings. The summed E-state index contributed by atoms with van der Waals surface area (Å²) in [6.45, 7) is 7.93. The van der Waals surface area contributed by atoms with E-state index in [4.69, 9.17) is 4.99 Å². The van der Waals surface area contributed by atoms with Crippen LogP contribution in [0, 0.1) is 11.8 Å². The Kier molecular flexibility index (Phi) is 7.33. The topological polar surface area (TPSA) is 60.0 Å². The number of hydrogen-bond acceptors (Lipinski definition) is 3. The first-order valence-electron chi connectivity index (χ1n) is 12.3. The monoisotopic (exact) mass is 403 g/mol. The molecule has 0 bridgehead atoms. The van der Waals surface area contributed by atoms with Gasteiger partial charge in [-0.1, -0.05) is 19.3 Å². The Morgan fingerprint density at radius 3 is 2.55 bits per heavy atom. The number of carbonyl (C=O) groups excluding carboxylic acids is 1. The molecular weight excluding hydrogens is 362 g/mol. The van der Waals surface area contributed by atoms with Gasteiger partial charge >= 0.3 is 0 Å². The first-order chi connectivity index (χ1) is 14.2. The molecule has 1 atom stereocenters. The van der Waals surface area contributed by atoms with Crippen LogP contribution in [0.25, 0.3) is 0 Å². The fraction of sp³-hybridized carbons (Fsp3) is 0.913. The number of amides is 1. The van der Waals surface area contributed by atoms with Gasteiger partial charge in [0.15, 0.2) is 5.96 Å². The van der Waals surface area contributed by atoms with Gasteiger partial charge in [-0.3, -0.25) is 14.7 Å². The van der Waals surface area contributed by atoms with E-state index in [1.165, 1.54) is 51.5 Å². The third kappa shape index (κ3) is 6.34. The molecule has 3 saturated carbocycles. The molecule has 6 nitrogen and oxygen atoms in total. The summed E-state index contributed by atoms with van der Waals surface area (Å²) in [5.74, 6) is 2.56. The maximum absolute atomic E-state index is 12.8. The van der Waals surface area contributed by atoms with Crippen LogP contribution >= 0.6 is 0 Å². The molecule has 1 amide bonds. The lowest BCUT2D eigenvalue weighted by molar-refractivity contribution is -0.135. The molecule has 164 valence electrons. The van der Waals surface area contributed by atoms with Gasteiger partial charge in [0.25, 0.3) is 0 Å². The van der Waals surface area contributed by atoms with Gasteiger partial charge in [0, 0.05) is 50.7 Å². The maximum Gasteiger partial charge on any atom is 0.225 e. The number of carbonyl (C=O) groups is 1. The van der Waals surface area contributed by atoms with E-state index in [1.807, 2.05) is 0 Å². The van der Waals surface area contributed by atoms with E-state index in [2.05, 4.69) is 27.4 Å². The van der Waals surface area contributed by atoms with Gasteiger partial charge in [0.2, 0.25) is 5.91 Å². The SMILES string of the molecule is CCNC(=NCCN(CC1CC1)C1CC1)NC1CCN(C(=O)C2CCCCC2)C1. The van der Waals surface area contributed by atoms with Gasteiger partial charge in [0.05, 0.1) is 6.54 Å². The first-order valence-corrected chi connectivity index (χ1v) is 12.3. The van der Waals surface area contributed by atoms with E-state index in [9.17, 15) is 4.79 Å². The lowest BCUT2D eigenvalue weighted by Gasteiger charge is -2.26. The zero-order valence-electron chi connectivity index (χ0n) is 18.4. The molecule has 3 aliphatic carbocycles. The summed E-state index contributed by atoms with van der Waals surface area (Å²) in [7, 11) is 0. The molecule has 0 aromatic carbocycles. The van der Waals surface area contributed by atoms with E-state index in [0.29, 0.717) is 11.9 Å². The summed E-state index contributed by atoms with van der Waals surface area (Å²) in [6.07, 6.45) is 12.6. The third-order valence-electron chi connectivity index (χ3n) is 7.05. The van der Waals surface area contributed by atoms with Gasteiger partial charge in [-0.2, -0.15) is 0 Å². The van der Waals surface area contributed by atoms with E-state index < -0.39 is 0 Å². The van der Waals surface area contributed by atoms with Crippen molar-refractivity contribution in [2.24, 2.45) is 16.8 Å². The molecule has 2 N–H and O–H groups in total. The number of nitrogens with zero attached hydrogens (tertiary/aromatic N) is 3. The second kappa shape index (κ2) is 10.1. The summed E-state index contributed by atoms with van der Waals surface area (Å²) in [5, 5.41) is 7.01. The number of hydrogen-bond donors (Lipinski definition) is 2. The Morgan fingerprint density at radius 1 is 1.07 bits per heavy atom. The van der Waals surface area contributed by atoms with Crippen LogP contribution in [0.1, 0.15) is 71.1 Å². The highest BCUT2D eigenvalue weighted by atomic mass is 16.2. The van der Waals surface area contributed by atoms with E-state index >= 15 is 0 Å². The maximum atomic E-state index is 12.8. The molecule has 6 heteroatoms. The normalized spacial score (nSPS) is 26.2. The van der Waals surface area contributed by atoms with E-state index in [0.717, 1.165) is 69.9 Å². The Bertz CT molecular complexity index is 566. The van der Waals surface area contributed by atoms with Crippen LogP contribution in [0.3, 0.4) is 0 Å². The molecule has 0 radical (unpaired) electrons. The molecule has 4 rings (SSSR count). The minimum absolute atomic E-state index is 0.282. The minimum Gasteiger partial charge on any atom is -0.357 e. The average molecular weight is 404 g/mol. The standard InChI is InChI=1S/C23H41N5O/c1-2-24-23(25-13-15-27(21-10-11-21)16-18-8-9-18)26-20-12-14-28(17-20)22(29)19-6-4-3-5-7-19/h18-21H,2-17H2,1H3,(H2,24,25,26). The predicted molar refractivity (Wildman–Crippen MR) is 118 cm³/mol. The van der Waals surface area contributed by atoms with Gasteiger partial charge in [-0.25, -0.2) is 0 Å². The number of rotatable bonds is 9. The van der Waals surface area contributed by atoms with Gasteiger partial charge < -0.3 is 15.5 Å². The lowest BCUT2D eigenvalue weighted by atomic mass is 9.88. The molecule has 1 unspecified atom stereocenters. The molecule has 4 aliphatic rings. The molecule has 1 saturated heterocycles. The lowest BCUT2D eigenvalue weighted by Crippen LogP contribution is -2.46. The summed E-state index contributed by atoms with van der Waals surface area (Å²) in [4.78, 5) is 22.4. The minimum atomic E-state index is 0.282. The predicted octanol–water partition coefficient (Wildman–Crippen LogP) is 2.60. The molecule has 0 aromatic heterocycles. The van der Waals surface area contributed by atoms with Crippen molar-refractivity contribution in [2.45, 2.75) is 83.2 Å². The summed E-state index contributed by atoms with van der Waals surface area (Å²) in [6, 6.07) is 1.15. The van der Waals surface area contributed by atoms with Crippen LogP contribution < -0.4 is 10.6 Å². The highest BCUT2D eigenvalue weighted by molar-refractivity contribution is 5.81. The van der Waals surface area contributed by atoms with Gasteiger partial charge in [-0.05, 0) is 57.8 Å². The van der Waals surface area contributed by atoms with Gasteiger partial charge in [-0.15, -0.1) is 0 Å². The number of nitrogens with one attached hydrogen (secondary N) is 2. The van der Waals surface area contributed by atoms with Crippen LogP contribution in [-0.2, 0) is 4.79 Å². The van der Waals surface area contributed by atoms with Crippen LogP contribution in [0.15, 0.2) is 4.99 Å². The fourth-order valence-corrected chi connectivity index (χ4v) is 4.98. The summed E-state index contributed by atoms with van der Waals surface area (Å²) < 4.78 is 0. The Balaban J connectivity index is 1.23. The molecule has 4 fully saturated rings. The largest absolute Gasteiger partial charge is 0.357 e. The van der Waals surface area contributed by atoms with Crippen molar-refractivity contribution in [1.82, 2.24) is 20.4 Å². The molecule has 29 heavy (non-hydrogen) atoms. The summed E-state index contributed by atoms with van der Waals surface area (Å²) >= 11 is 0. The number of aliphatic imine (C=N–C) groups is 1. The van der Waals surface area contributed by atoms with Crippen molar-refractivity contribution in [3.8, 4) is 0 Å². The van der Waals surface area contributed by atoms with Crippen molar-refractivity contribution < 1.29 is 4.79 Å². The smallest absolute Gasteiger partial charge is 0.225 e. The Hall–Kier alpha value is -1.30. The van der Waals surface area contributed by atoms with Crippen LogP contribution in [-0.4, -0.2) is 73.0 Å². The van der Waals surface area contributed by atoms with Crippen molar-refractivity contribution in [1.29, 1.82) is 0 Å². The first kappa shape index (κ1) is 21.0. The van der Waals surface area contributed by atoms with Crippen LogP contribution in [0.4, 0.5) is 0 Å². The number of likely N-dealkylation sites (tertiary alicyclic amines) is 1. The molecule has 1 heterocycles. The summed E-state index contributed by atoms with van der Waals surface area (Å²) in [5.41, 5.74) is 0. The second-order valence-electron chi connectivity index (χ2n) is 9.68. The second-order valence-corrected chi connectivity index (χ2v) is 9.68. The Labute approximate surface area is 176 Å². The Morgan fingerprint density at radius 2 is 1.86 bits per heavy atom. The molecular formula is C23H41N5O. The quantitative estimate of drug-likeness (QED) is 0.459. The highest BCUT2D eigenvalue weighted by Crippen LogP contribution is 2.34. The van der Waals surface area contributed by atoms with Crippen LogP contribution in [0.2, 0.25) is 0 Å². The highest BCUT2D eigenvalue weighted by Gasteiger charge is 2.34. The van der Waals surface area contributed by atoms with E-state index in [-0.39, 0.29) is 5.92 Å². The zero-order chi connectivity index (χ0) is 20.1. The van der Waals surface area contributed by atoms with Crippen molar-refractivity contribution in [2.75, 3.05) is 39.3 Å². The van der Waals surface area contributed by atoms with Crippen molar-refractivity contribution in [3.05, 3.63) is 0 Å².